The molecule has 112 valence electrons. The molecule has 1 saturated heterocycles. The Balaban J connectivity index is 2.60. The molecule has 4 heteroatoms. The number of hydrogen-bond acceptors (Lipinski definition) is 3. The predicted octanol–water partition coefficient (Wildman–Crippen LogP) is 1.91. The molecule has 0 aromatic heterocycles. The Labute approximate surface area is 118 Å². The van der Waals surface area contributed by atoms with Crippen molar-refractivity contribution in [2.24, 2.45) is 5.92 Å². The molecule has 0 aromatic rings. The smallest absolute Gasteiger partial charge is 0.241 e. The minimum absolute atomic E-state index is 0.0151. The zero-order valence-electron chi connectivity index (χ0n) is 13.4. The van der Waals surface area contributed by atoms with Crippen LogP contribution in [0.25, 0.3) is 0 Å². The molecule has 1 fully saturated rings. The molecule has 3 atom stereocenters. The minimum Gasteiger partial charge on any atom is -0.324 e. The Morgan fingerprint density at radius 3 is 2.42 bits per heavy atom. The first-order chi connectivity index (χ1) is 8.92. The summed E-state index contributed by atoms with van der Waals surface area (Å²) < 4.78 is 0. The Hall–Kier alpha value is -0.610. The van der Waals surface area contributed by atoms with Gasteiger partial charge in [0.05, 0.1) is 12.2 Å². The average molecular weight is 269 g/mol. The van der Waals surface area contributed by atoms with E-state index >= 15 is 0 Å². The Morgan fingerprint density at radius 1 is 1.32 bits per heavy atom. The molecule has 0 bridgehead atoms. The molecule has 19 heavy (non-hydrogen) atoms. The third kappa shape index (κ3) is 3.93. The molecule has 1 amide bonds. The van der Waals surface area contributed by atoms with E-state index in [1.807, 2.05) is 4.90 Å². The van der Waals surface area contributed by atoms with E-state index in [0.29, 0.717) is 12.0 Å². The summed E-state index contributed by atoms with van der Waals surface area (Å²) in [7, 11) is 2.14. The summed E-state index contributed by atoms with van der Waals surface area (Å²) >= 11 is 0. The fourth-order valence-electron chi connectivity index (χ4n) is 2.60. The largest absolute Gasteiger partial charge is 0.324 e. The topological polar surface area (TPSA) is 35.6 Å². The van der Waals surface area contributed by atoms with Crippen LogP contribution in [0.15, 0.2) is 0 Å². The molecular formula is C15H31N3O. The number of likely N-dealkylation sites (N-methyl/N-ethyl adjacent to an activating group) is 1. The third-order valence-electron chi connectivity index (χ3n) is 4.37. The fourth-order valence-corrected chi connectivity index (χ4v) is 2.60. The van der Waals surface area contributed by atoms with E-state index < -0.39 is 0 Å². The quantitative estimate of drug-likeness (QED) is 0.767. The minimum atomic E-state index is 0.0151. The lowest BCUT2D eigenvalue weighted by molar-refractivity contribution is -0.130. The third-order valence-corrected chi connectivity index (χ3v) is 4.37. The molecule has 0 aliphatic carbocycles. The van der Waals surface area contributed by atoms with Gasteiger partial charge in [0.15, 0.2) is 0 Å². The number of carbonyl (C=O) groups excluding carboxylic acids is 1. The van der Waals surface area contributed by atoms with E-state index in [-0.39, 0.29) is 18.1 Å². The second-order valence-electron chi connectivity index (χ2n) is 6.09. The molecule has 1 aliphatic rings. The summed E-state index contributed by atoms with van der Waals surface area (Å²) in [6.07, 6.45) is 2.22. The van der Waals surface area contributed by atoms with Crippen LogP contribution < -0.4 is 5.32 Å². The van der Waals surface area contributed by atoms with Crippen LogP contribution >= 0.6 is 0 Å². The summed E-state index contributed by atoms with van der Waals surface area (Å²) in [5.74, 6) is 0.730. The van der Waals surface area contributed by atoms with Crippen molar-refractivity contribution < 1.29 is 4.79 Å². The van der Waals surface area contributed by atoms with Crippen LogP contribution in [0.2, 0.25) is 0 Å². The molecule has 0 radical (unpaired) electrons. The summed E-state index contributed by atoms with van der Waals surface area (Å²) in [6.45, 7) is 12.6. The van der Waals surface area contributed by atoms with Gasteiger partial charge < -0.3 is 9.80 Å². The number of nitrogens with zero attached hydrogens (tertiary/aromatic N) is 2. The molecule has 1 heterocycles. The van der Waals surface area contributed by atoms with Crippen LogP contribution in [0.1, 0.15) is 47.5 Å². The molecule has 0 spiro atoms. The second kappa shape index (κ2) is 7.25. The van der Waals surface area contributed by atoms with Crippen LogP contribution in [0.5, 0.6) is 0 Å². The van der Waals surface area contributed by atoms with Gasteiger partial charge in [-0.25, -0.2) is 0 Å². The second-order valence-corrected chi connectivity index (χ2v) is 6.09. The molecule has 1 rings (SSSR count). The average Bonchev–Trinajstić information content (AvgIpc) is 2.71. The summed E-state index contributed by atoms with van der Waals surface area (Å²) in [6, 6.07) is 0.589. The van der Waals surface area contributed by atoms with E-state index in [0.717, 1.165) is 25.9 Å². The molecular weight excluding hydrogens is 238 g/mol. The van der Waals surface area contributed by atoms with E-state index in [1.165, 1.54) is 0 Å². The SMILES string of the molecule is CCC1NC(C(C)C)N(CCN(C)C(C)CC)C1=O. The molecule has 1 aliphatic heterocycles. The van der Waals surface area contributed by atoms with Gasteiger partial charge >= 0.3 is 0 Å². The van der Waals surface area contributed by atoms with Crippen molar-refractivity contribution in [2.75, 3.05) is 20.1 Å². The first-order valence-electron chi connectivity index (χ1n) is 7.69. The molecule has 3 unspecified atom stereocenters. The van der Waals surface area contributed by atoms with Gasteiger partial charge in [0, 0.05) is 19.1 Å². The van der Waals surface area contributed by atoms with Gasteiger partial charge in [-0.2, -0.15) is 0 Å². The van der Waals surface area contributed by atoms with E-state index in [4.69, 9.17) is 0 Å². The first kappa shape index (κ1) is 16.4. The van der Waals surface area contributed by atoms with Crippen molar-refractivity contribution in [1.82, 2.24) is 15.1 Å². The molecule has 0 aromatic carbocycles. The Kier molecular flexibility index (Phi) is 6.27. The molecule has 1 N–H and O–H groups in total. The lowest BCUT2D eigenvalue weighted by atomic mass is 10.1. The van der Waals surface area contributed by atoms with Crippen LogP contribution in [0, 0.1) is 5.92 Å². The van der Waals surface area contributed by atoms with Crippen LogP contribution in [0.3, 0.4) is 0 Å². The van der Waals surface area contributed by atoms with Gasteiger partial charge in [-0.1, -0.05) is 27.7 Å². The maximum atomic E-state index is 12.3. The Morgan fingerprint density at radius 2 is 1.95 bits per heavy atom. The maximum absolute atomic E-state index is 12.3. The van der Waals surface area contributed by atoms with E-state index in [2.05, 4.69) is 51.9 Å². The van der Waals surface area contributed by atoms with Crippen LogP contribution in [-0.2, 0) is 4.79 Å². The first-order valence-corrected chi connectivity index (χ1v) is 7.69. The predicted molar refractivity (Wildman–Crippen MR) is 79.9 cm³/mol. The standard InChI is InChI=1S/C15H31N3O/c1-7-12(5)17(6)9-10-18-14(11(3)4)16-13(8-2)15(18)19/h11-14,16H,7-10H2,1-6H3. The normalized spacial score (nSPS) is 25.7. The van der Waals surface area contributed by atoms with Crippen molar-refractivity contribution in [2.45, 2.75) is 65.7 Å². The van der Waals surface area contributed by atoms with Crippen molar-refractivity contribution in [3.05, 3.63) is 0 Å². The zero-order valence-corrected chi connectivity index (χ0v) is 13.4. The number of carbonyl (C=O) groups is 1. The highest BCUT2D eigenvalue weighted by Gasteiger charge is 2.38. The van der Waals surface area contributed by atoms with Gasteiger partial charge in [-0.3, -0.25) is 10.1 Å². The van der Waals surface area contributed by atoms with E-state index in [9.17, 15) is 4.79 Å². The highest BCUT2D eigenvalue weighted by atomic mass is 16.2. The van der Waals surface area contributed by atoms with Gasteiger partial charge in [0.2, 0.25) is 5.91 Å². The lowest BCUT2D eigenvalue weighted by Gasteiger charge is -2.31. The van der Waals surface area contributed by atoms with Crippen molar-refractivity contribution in [3.8, 4) is 0 Å². The van der Waals surface area contributed by atoms with Gasteiger partial charge in [0.1, 0.15) is 0 Å². The number of nitrogens with one attached hydrogen (secondary N) is 1. The fraction of sp³-hybridized carbons (Fsp3) is 0.933. The summed E-state index contributed by atoms with van der Waals surface area (Å²) in [5.41, 5.74) is 0. The highest BCUT2D eigenvalue weighted by molar-refractivity contribution is 5.84. The van der Waals surface area contributed by atoms with Crippen molar-refractivity contribution >= 4 is 5.91 Å². The zero-order chi connectivity index (χ0) is 14.6. The van der Waals surface area contributed by atoms with E-state index in [1.54, 1.807) is 0 Å². The van der Waals surface area contributed by atoms with Crippen molar-refractivity contribution in [1.29, 1.82) is 0 Å². The van der Waals surface area contributed by atoms with Crippen LogP contribution in [0.4, 0.5) is 0 Å². The Bertz CT molecular complexity index is 293. The van der Waals surface area contributed by atoms with Crippen molar-refractivity contribution in [3.63, 3.8) is 0 Å². The van der Waals surface area contributed by atoms with Gasteiger partial charge in [0.25, 0.3) is 0 Å². The summed E-state index contributed by atoms with van der Waals surface area (Å²) in [5, 5.41) is 3.46. The lowest BCUT2D eigenvalue weighted by Crippen LogP contribution is -2.45. The monoisotopic (exact) mass is 269 g/mol. The van der Waals surface area contributed by atoms with Gasteiger partial charge in [-0.05, 0) is 32.7 Å². The molecule has 4 nitrogen and oxygen atoms in total. The van der Waals surface area contributed by atoms with Crippen LogP contribution in [-0.4, -0.2) is 54.1 Å². The number of rotatable bonds is 7. The molecule has 0 saturated carbocycles. The highest BCUT2D eigenvalue weighted by Crippen LogP contribution is 2.19. The summed E-state index contributed by atoms with van der Waals surface area (Å²) in [4.78, 5) is 16.7. The number of hydrogen-bond donors (Lipinski definition) is 1. The van der Waals surface area contributed by atoms with Gasteiger partial charge in [-0.15, -0.1) is 0 Å². The number of amides is 1. The maximum Gasteiger partial charge on any atom is 0.241 e.